The van der Waals surface area contributed by atoms with Gasteiger partial charge in [0.15, 0.2) is 9.84 Å². The first-order chi connectivity index (χ1) is 10.0. The Bertz CT molecular complexity index is 797. The van der Waals surface area contributed by atoms with Crippen LogP contribution in [0.25, 0.3) is 0 Å². The van der Waals surface area contributed by atoms with Crippen LogP contribution >= 0.6 is 0 Å². The van der Waals surface area contributed by atoms with Crippen LogP contribution in [-0.2, 0) is 9.84 Å². The van der Waals surface area contributed by atoms with E-state index in [-0.39, 0.29) is 4.90 Å². The fourth-order valence-corrected chi connectivity index (χ4v) is 5.02. The lowest BCUT2D eigenvalue weighted by atomic mass is 10.1. The van der Waals surface area contributed by atoms with E-state index in [1.165, 1.54) is 12.1 Å². The minimum atomic E-state index is -3.63. The van der Waals surface area contributed by atoms with Gasteiger partial charge in [-0.1, -0.05) is 48.5 Å². The van der Waals surface area contributed by atoms with Crippen LogP contribution in [0.3, 0.4) is 0 Å². The van der Waals surface area contributed by atoms with Crippen LogP contribution in [-0.4, -0.2) is 19.2 Å². The van der Waals surface area contributed by atoms with E-state index in [2.05, 4.69) is 0 Å². The second kappa shape index (κ2) is 4.69. The van der Waals surface area contributed by atoms with Crippen molar-refractivity contribution in [2.75, 3.05) is 0 Å². The quantitative estimate of drug-likeness (QED) is 0.937. The molecule has 0 aliphatic heterocycles. The number of nitrogens with two attached hydrogens (primary N) is 1. The van der Waals surface area contributed by atoms with E-state index in [0.717, 1.165) is 5.56 Å². The maximum Gasteiger partial charge on any atom is 0.184 e. The molecule has 0 saturated heterocycles. The van der Waals surface area contributed by atoms with Gasteiger partial charge in [0.25, 0.3) is 0 Å². The van der Waals surface area contributed by atoms with E-state index >= 15 is 0 Å². The van der Waals surface area contributed by atoms with Gasteiger partial charge in [0.2, 0.25) is 0 Å². The van der Waals surface area contributed by atoms with Crippen molar-refractivity contribution in [3.05, 3.63) is 66.2 Å². The molecule has 1 aliphatic carbocycles. The van der Waals surface area contributed by atoms with Crippen molar-refractivity contribution in [3.63, 3.8) is 0 Å². The maximum absolute atomic E-state index is 12.7. The van der Waals surface area contributed by atoms with Crippen molar-refractivity contribution in [2.45, 2.75) is 21.6 Å². The molecule has 3 atom stereocenters. The van der Waals surface area contributed by atoms with Crippen LogP contribution in [0.2, 0.25) is 0 Å². The molecule has 1 saturated carbocycles. The molecule has 106 valence electrons. The molecule has 0 amide bonds. The normalized spacial score (nSPS) is 27.8. The average Bonchev–Trinajstić information content (AvgIpc) is 3.17. The highest BCUT2D eigenvalue weighted by atomic mass is 32.2. The molecule has 4 nitrogen and oxygen atoms in total. The number of nitrogens with zero attached hydrogens (tertiary/aromatic N) is 1. The summed E-state index contributed by atoms with van der Waals surface area (Å²) in [6.07, 6.45) is 0. The predicted molar refractivity (Wildman–Crippen MR) is 79.1 cm³/mol. The first-order valence-corrected chi connectivity index (χ1v) is 8.10. The second-order valence-electron chi connectivity index (χ2n) is 5.21. The number of rotatable bonds is 3. The number of nitriles is 1. The van der Waals surface area contributed by atoms with Gasteiger partial charge in [-0.25, -0.2) is 8.42 Å². The third kappa shape index (κ3) is 2.04. The SMILES string of the molecule is N#CC1(N)C(c2ccccc2)C1S(=O)(=O)c1ccccc1. The van der Waals surface area contributed by atoms with Gasteiger partial charge in [0.1, 0.15) is 10.8 Å². The lowest BCUT2D eigenvalue weighted by Gasteiger charge is -2.04. The van der Waals surface area contributed by atoms with Crippen molar-refractivity contribution in [1.29, 1.82) is 5.26 Å². The van der Waals surface area contributed by atoms with Crippen LogP contribution in [0.1, 0.15) is 11.5 Å². The summed E-state index contributed by atoms with van der Waals surface area (Å²) in [6.45, 7) is 0. The van der Waals surface area contributed by atoms with Crippen molar-refractivity contribution in [3.8, 4) is 6.07 Å². The molecule has 0 aromatic heterocycles. The molecule has 2 N–H and O–H groups in total. The van der Waals surface area contributed by atoms with Crippen LogP contribution < -0.4 is 5.73 Å². The highest BCUT2D eigenvalue weighted by Crippen LogP contribution is 2.55. The number of benzene rings is 2. The van der Waals surface area contributed by atoms with Crippen LogP contribution in [0.15, 0.2) is 65.6 Å². The fourth-order valence-electron chi connectivity index (χ4n) is 2.81. The van der Waals surface area contributed by atoms with E-state index < -0.39 is 26.5 Å². The third-order valence-corrected chi connectivity index (χ3v) is 6.20. The topological polar surface area (TPSA) is 83.9 Å². The van der Waals surface area contributed by atoms with Gasteiger partial charge < -0.3 is 5.73 Å². The Balaban J connectivity index is 2.05. The molecule has 1 fully saturated rings. The Morgan fingerprint density at radius 3 is 2.05 bits per heavy atom. The molecule has 5 heteroatoms. The Labute approximate surface area is 123 Å². The van der Waals surface area contributed by atoms with Crippen molar-refractivity contribution < 1.29 is 8.42 Å². The van der Waals surface area contributed by atoms with E-state index in [4.69, 9.17) is 5.73 Å². The summed E-state index contributed by atoms with van der Waals surface area (Å²) in [7, 11) is -3.63. The van der Waals surface area contributed by atoms with Gasteiger partial charge in [-0.3, -0.25) is 0 Å². The fraction of sp³-hybridized carbons (Fsp3) is 0.188. The zero-order valence-corrected chi connectivity index (χ0v) is 12.0. The molecule has 0 spiro atoms. The molecule has 0 heterocycles. The van der Waals surface area contributed by atoms with Gasteiger partial charge >= 0.3 is 0 Å². The summed E-state index contributed by atoms with van der Waals surface area (Å²) < 4.78 is 25.4. The average molecular weight is 298 g/mol. The summed E-state index contributed by atoms with van der Waals surface area (Å²) in [5, 5.41) is 8.44. The molecule has 0 radical (unpaired) electrons. The van der Waals surface area contributed by atoms with Crippen molar-refractivity contribution in [1.82, 2.24) is 0 Å². The molecule has 3 unspecified atom stereocenters. The van der Waals surface area contributed by atoms with Crippen LogP contribution in [0.4, 0.5) is 0 Å². The summed E-state index contributed by atoms with van der Waals surface area (Å²) in [5.41, 5.74) is 5.47. The summed E-state index contributed by atoms with van der Waals surface area (Å²) >= 11 is 0. The Morgan fingerprint density at radius 1 is 1.00 bits per heavy atom. The minimum absolute atomic E-state index is 0.207. The molecule has 1 aliphatic rings. The second-order valence-corrected chi connectivity index (χ2v) is 7.28. The molecule has 2 aromatic rings. The molecular formula is C16H14N2O2S. The summed E-state index contributed by atoms with van der Waals surface area (Å²) in [6, 6.07) is 19.2. The van der Waals surface area contributed by atoms with Crippen LogP contribution in [0, 0.1) is 11.3 Å². The van der Waals surface area contributed by atoms with Crippen molar-refractivity contribution in [2.24, 2.45) is 5.73 Å². The molecule has 3 rings (SSSR count). The van der Waals surface area contributed by atoms with Gasteiger partial charge in [0.05, 0.1) is 11.0 Å². The van der Waals surface area contributed by atoms with Gasteiger partial charge in [0, 0.05) is 5.92 Å². The molecule has 21 heavy (non-hydrogen) atoms. The number of hydrogen-bond donors (Lipinski definition) is 1. The monoisotopic (exact) mass is 298 g/mol. The number of sulfone groups is 1. The minimum Gasteiger partial charge on any atom is -0.312 e. The van der Waals surface area contributed by atoms with E-state index in [0.29, 0.717) is 0 Å². The predicted octanol–water partition coefficient (Wildman–Crippen LogP) is 1.85. The number of hydrogen-bond acceptors (Lipinski definition) is 4. The third-order valence-electron chi connectivity index (χ3n) is 3.94. The van der Waals surface area contributed by atoms with E-state index in [1.807, 2.05) is 36.4 Å². The lowest BCUT2D eigenvalue weighted by molar-refractivity contribution is 0.592. The molecular weight excluding hydrogens is 284 g/mol. The largest absolute Gasteiger partial charge is 0.312 e. The van der Waals surface area contributed by atoms with E-state index in [1.54, 1.807) is 18.2 Å². The zero-order chi connectivity index (χ0) is 15.1. The summed E-state index contributed by atoms with van der Waals surface area (Å²) in [5.74, 6) is -0.492. The van der Waals surface area contributed by atoms with Gasteiger partial charge in [-0.2, -0.15) is 5.26 Å². The summed E-state index contributed by atoms with van der Waals surface area (Å²) in [4.78, 5) is 0.207. The van der Waals surface area contributed by atoms with Gasteiger partial charge in [-0.05, 0) is 17.7 Å². The highest BCUT2D eigenvalue weighted by Gasteiger charge is 2.70. The van der Waals surface area contributed by atoms with Crippen molar-refractivity contribution >= 4 is 9.84 Å². The standard InChI is InChI=1S/C16H14N2O2S/c17-11-16(18)14(12-7-3-1-4-8-12)15(16)21(19,20)13-9-5-2-6-10-13/h1-10,14-15H,18H2. The lowest BCUT2D eigenvalue weighted by Crippen LogP contribution is -2.29. The Morgan fingerprint density at radius 2 is 1.52 bits per heavy atom. The highest BCUT2D eigenvalue weighted by molar-refractivity contribution is 7.92. The van der Waals surface area contributed by atoms with Gasteiger partial charge in [-0.15, -0.1) is 0 Å². The smallest absolute Gasteiger partial charge is 0.184 e. The Hall–Kier alpha value is -2.16. The maximum atomic E-state index is 12.7. The van der Waals surface area contributed by atoms with E-state index in [9.17, 15) is 13.7 Å². The first-order valence-electron chi connectivity index (χ1n) is 6.56. The molecule has 2 aromatic carbocycles. The first kappa shape index (κ1) is 13.8. The molecule has 0 bridgehead atoms. The zero-order valence-electron chi connectivity index (χ0n) is 11.2. The van der Waals surface area contributed by atoms with Crippen LogP contribution in [0.5, 0.6) is 0 Å². The Kier molecular flexibility index (Phi) is 3.08.